The topological polar surface area (TPSA) is 56.3 Å². The molecule has 0 aromatic carbocycles. The van der Waals surface area contributed by atoms with E-state index in [2.05, 4.69) is 15.3 Å². The Balaban J connectivity index is 2.42. The van der Waals surface area contributed by atoms with E-state index in [1.807, 2.05) is 6.92 Å². The largest absolute Gasteiger partial charge is 0.478 e. The molecule has 17 heavy (non-hydrogen) atoms. The number of nitrogens with zero attached hydrogens (tertiary/aromatic N) is 2. The lowest BCUT2D eigenvalue weighted by atomic mass is 10.4. The summed E-state index contributed by atoms with van der Waals surface area (Å²) in [7, 11) is 1.62. The van der Waals surface area contributed by atoms with Crippen molar-refractivity contribution >= 4 is 17.4 Å². The van der Waals surface area contributed by atoms with Crippen molar-refractivity contribution in [1.82, 2.24) is 9.97 Å². The molecule has 1 heterocycles. The summed E-state index contributed by atoms with van der Waals surface area (Å²) in [6, 6.07) is 1.76. The number of halogens is 1. The molecule has 0 fully saturated rings. The van der Waals surface area contributed by atoms with E-state index in [0.717, 1.165) is 6.42 Å². The predicted octanol–water partition coefficient (Wildman–Crippen LogP) is 1.93. The number of ether oxygens (including phenoxy) is 2. The van der Waals surface area contributed by atoms with Gasteiger partial charge >= 0.3 is 0 Å². The van der Waals surface area contributed by atoms with Crippen molar-refractivity contribution in [1.29, 1.82) is 0 Å². The fraction of sp³-hybridized carbons (Fsp3) is 0.636. The first kappa shape index (κ1) is 14.0. The van der Waals surface area contributed by atoms with Gasteiger partial charge in [-0.25, -0.2) is 9.97 Å². The standard InChI is InChI=1S/C11H18ClN3O2/c1-3-4-17-11-5-10(14-8-15-11)13-6-9(12)7-16-2/h5,8-9H,3-4,6-7H2,1-2H3,(H,13,14,15). The number of anilines is 1. The van der Waals surface area contributed by atoms with Gasteiger partial charge < -0.3 is 14.8 Å². The molecule has 0 amide bonds. The molecule has 96 valence electrons. The van der Waals surface area contributed by atoms with E-state index in [1.165, 1.54) is 6.33 Å². The SMILES string of the molecule is CCCOc1cc(NCC(Cl)COC)ncn1. The van der Waals surface area contributed by atoms with Gasteiger partial charge in [-0.15, -0.1) is 11.6 Å². The molecule has 0 aliphatic rings. The van der Waals surface area contributed by atoms with Crippen LogP contribution in [0.4, 0.5) is 5.82 Å². The lowest BCUT2D eigenvalue weighted by Crippen LogP contribution is -2.19. The molecule has 1 N–H and O–H groups in total. The molecule has 1 unspecified atom stereocenters. The van der Waals surface area contributed by atoms with Crippen LogP contribution in [0.1, 0.15) is 13.3 Å². The van der Waals surface area contributed by atoms with Crippen molar-refractivity contribution in [2.75, 3.05) is 32.2 Å². The highest BCUT2D eigenvalue weighted by Gasteiger charge is 2.05. The zero-order valence-corrected chi connectivity index (χ0v) is 10.9. The quantitative estimate of drug-likeness (QED) is 0.723. The predicted molar refractivity (Wildman–Crippen MR) is 67.8 cm³/mol. The minimum Gasteiger partial charge on any atom is -0.478 e. The number of hydrogen-bond acceptors (Lipinski definition) is 5. The normalized spacial score (nSPS) is 12.2. The van der Waals surface area contributed by atoms with Gasteiger partial charge in [-0.05, 0) is 6.42 Å². The average molecular weight is 260 g/mol. The summed E-state index contributed by atoms with van der Waals surface area (Å²) < 4.78 is 10.3. The molecule has 0 aliphatic carbocycles. The monoisotopic (exact) mass is 259 g/mol. The molecule has 1 rings (SSSR count). The lowest BCUT2D eigenvalue weighted by molar-refractivity contribution is 0.200. The summed E-state index contributed by atoms with van der Waals surface area (Å²) in [5.41, 5.74) is 0. The highest BCUT2D eigenvalue weighted by Crippen LogP contribution is 2.11. The summed E-state index contributed by atoms with van der Waals surface area (Å²) >= 11 is 5.99. The van der Waals surface area contributed by atoms with E-state index >= 15 is 0 Å². The highest BCUT2D eigenvalue weighted by atomic mass is 35.5. The number of nitrogens with one attached hydrogen (secondary N) is 1. The van der Waals surface area contributed by atoms with Gasteiger partial charge in [-0.3, -0.25) is 0 Å². The van der Waals surface area contributed by atoms with Crippen LogP contribution in [-0.2, 0) is 4.74 Å². The van der Waals surface area contributed by atoms with E-state index in [4.69, 9.17) is 21.1 Å². The highest BCUT2D eigenvalue weighted by molar-refractivity contribution is 6.21. The molecule has 0 bridgehead atoms. The van der Waals surface area contributed by atoms with E-state index in [-0.39, 0.29) is 5.38 Å². The lowest BCUT2D eigenvalue weighted by Gasteiger charge is -2.10. The van der Waals surface area contributed by atoms with Crippen LogP contribution in [0.5, 0.6) is 5.88 Å². The summed E-state index contributed by atoms with van der Waals surface area (Å²) in [6.45, 7) is 3.78. The number of rotatable bonds is 8. The molecule has 0 saturated heterocycles. The Morgan fingerprint density at radius 1 is 1.47 bits per heavy atom. The Kier molecular flexibility index (Phi) is 6.65. The maximum absolute atomic E-state index is 5.99. The van der Waals surface area contributed by atoms with Crippen molar-refractivity contribution in [2.45, 2.75) is 18.7 Å². The third kappa shape index (κ3) is 5.70. The number of aromatic nitrogens is 2. The van der Waals surface area contributed by atoms with Gasteiger partial charge in [0.25, 0.3) is 0 Å². The van der Waals surface area contributed by atoms with Crippen molar-refractivity contribution < 1.29 is 9.47 Å². The summed E-state index contributed by atoms with van der Waals surface area (Å²) in [5.74, 6) is 1.27. The van der Waals surface area contributed by atoms with Gasteiger partial charge in [-0.1, -0.05) is 6.92 Å². The number of methoxy groups -OCH3 is 1. The van der Waals surface area contributed by atoms with Crippen LogP contribution in [0.15, 0.2) is 12.4 Å². The third-order valence-corrected chi connectivity index (χ3v) is 2.23. The van der Waals surface area contributed by atoms with Gasteiger partial charge in [0.2, 0.25) is 5.88 Å². The van der Waals surface area contributed by atoms with Gasteiger partial charge in [0.1, 0.15) is 12.1 Å². The Labute approximate surface area is 107 Å². The third-order valence-electron chi connectivity index (χ3n) is 1.95. The van der Waals surface area contributed by atoms with Gasteiger partial charge in [0.15, 0.2) is 0 Å². The summed E-state index contributed by atoms with van der Waals surface area (Å²) in [5, 5.41) is 3.02. The zero-order chi connectivity index (χ0) is 12.5. The average Bonchev–Trinajstić information content (AvgIpc) is 2.35. The Morgan fingerprint density at radius 2 is 2.29 bits per heavy atom. The Hall–Kier alpha value is -1.07. The smallest absolute Gasteiger partial charge is 0.218 e. The molecule has 1 atom stereocenters. The number of alkyl halides is 1. The fourth-order valence-electron chi connectivity index (χ4n) is 1.18. The van der Waals surface area contributed by atoms with E-state index in [0.29, 0.717) is 31.5 Å². The van der Waals surface area contributed by atoms with Crippen molar-refractivity contribution in [3.05, 3.63) is 12.4 Å². The molecule has 1 aromatic heterocycles. The van der Waals surface area contributed by atoms with Crippen LogP contribution in [0.2, 0.25) is 0 Å². The van der Waals surface area contributed by atoms with E-state index in [9.17, 15) is 0 Å². The summed E-state index contributed by atoms with van der Waals surface area (Å²) in [6.07, 6.45) is 2.41. The molecule has 0 spiro atoms. The molecule has 6 heteroatoms. The zero-order valence-electron chi connectivity index (χ0n) is 10.1. The number of hydrogen-bond donors (Lipinski definition) is 1. The molecular formula is C11H18ClN3O2. The molecule has 0 saturated carbocycles. The second-order valence-corrected chi connectivity index (χ2v) is 4.14. The molecule has 5 nitrogen and oxygen atoms in total. The second kappa shape index (κ2) is 8.08. The van der Waals surface area contributed by atoms with Crippen LogP contribution >= 0.6 is 11.6 Å². The van der Waals surface area contributed by atoms with Crippen LogP contribution in [0.3, 0.4) is 0 Å². The second-order valence-electron chi connectivity index (χ2n) is 3.52. The maximum atomic E-state index is 5.99. The first-order chi connectivity index (χ1) is 8.26. The minimum atomic E-state index is -0.0880. The van der Waals surface area contributed by atoms with E-state index < -0.39 is 0 Å². The first-order valence-corrected chi connectivity index (χ1v) is 6.01. The Bertz CT molecular complexity index is 325. The molecule has 1 aromatic rings. The van der Waals surface area contributed by atoms with Crippen molar-refractivity contribution in [3.8, 4) is 5.88 Å². The van der Waals surface area contributed by atoms with E-state index in [1.54, 1.807) is 13.2 Å². The van der Waals surface area contributed by atoms with Gasteiger partial charge in [0, 0.05) is 19.7 Å². The van der Waals surface area contributed by atoms with Gasteiger partial charge in [-0.2, -0.15) is 0 Å². The minimum absolute atomic E-state index is 0.0880. The van der Waals surface area contributed by atoms with Crippen LogP contribution in [0, 0.1) is 0 Å². The Morgan fingerprint density at radius 3 is 3.00 bits per heavy atom. The van der Waals surface area contributed by atoms with Crippen LogP contribution < -0.4 is 10.1 Å². The van der Waals surface area contributed by atoms with Crippen LogP contribution in [-0.4, -0.2) is 42.2 Å². The molecular weight excluding hydrogens is 242 g/mol. The first-order valence-electron chi connectivity index (χ1n) is 5.58. The van der Waals surface area contributed by atoms with Crippen LogP contribution in [0.25, 0.3) is 0 Å². The van der Waals surface area contributed by atoms with Crippen molar-refractivity contribution in [3.63, 3.8) is 0 Å². The van der Waals surface area contributed by atoms with Crippen molar-refractivity contribution in [2.24, 2.45) is 0 Å². The molecule has 0 aliphatic heterocycles. The maximum Gasteiger partial charge on any atom is 0.218 e. The summed E-state index contributed by atoms with van der Waals surface area (Å²) in [4.78, 5) is 8.09. The fourth-order valence-corrected chi connectivity index (χ4v) is 1.38. The van der Waals surface area contributed by atoms with Gasteiger partial charge in [0.05, 0.1) is 18.6 Å². The molecule has 0 radical (unpaired) electrons.